The highest BCUT2D eigenvalue weighted by Crippen LogP contribution is 2.21. The number of carbonyl (C=O) groups excluding carboxylic acids is 1. The minimum absolute atomic E-state index is 0.211. The van der Waals surface area contributed by atoms with Crippen LogP contribution in [-0.4, -0.2) is 29.6 Å². The van der Waals surface area contributed by atoms with Gasteiger partial charge in [0.2, 0.25) is 0 Å². The summed E-state index contributed by atoms with van der Waals surface area (Å²) in [4.78, 5) is 20.8. The van der Waals surface area contributed by atoms with Crippen molar-refractivity contribution in [2.75, 3.05) is 19.0 Å². The van der Waals surface area contributed by atoms with Crippen LogP contribution in [0.3, 0.4) is 0 Å². The Labute approximate surface area is 148 Å². The van der Waals surface area contributed by atoms with E-state index in [2.05, 4.69) is 22.2 Å². The lowest BCUT2D eigenvalue weighted by Gasteiger charge is -2.12. The molecule has 0 fully saturated rings. The molecular formula is C19H25N3O3. The summed E-state index contributed by atoms with van der Waals surface area (Å²) in [5, 5.41) is 2.87. The molecule has 2 aromatic rings. The lowest BCUT2D eigenvalue weighted by atomic mass is 10.2. The van der Waals surface area contributed by atoms with Crippen LogP contribution in [0.4, 0.5) is 5.69 Å². The van der Waals surface area contributed by atoms with Gasteiger partial charge >= 0.3 is 6.01 Å². The van der Waals surface area contributed by atoms with Crippen LogP contribution >= 0.6 is 0 Å². The Balaban J connectivity index is 2.01. The Morgan fingerprint density at radius 1 is 1.08 bits per heavy atom. The van der Waals surface area contributed by atoms with Crippen molar-refractivity contribution in [3.05, 3.63) is 41.2 Å². The van der Waals surface area contributed by atoms with Gasteiger partial charge in [-0.05, 0) is 44.5 Å². The number of unbranched alkanes of at least 4 members (excludes halogenated alkanes) is 2. The molecule has 1 aromatic heterocycles. The highest BCUT2D eigenvalue weighted by molar-refractivity contribution is 6.04. The van der Waals surface area contributed by atoms with Crippen molar-refractivity contribution in [3.63, 3.8) is 0 Å². The van der Waals surface area contributed by atoms with Gasteiger partial charge in [-0.3, -0.25) is 4.79 Å². The summed E-state index contributed by atoms with van der Waals surface area (Å²) in [5.41, 5.74) is 2.48. The molecule has 0 aliphatic heterocycles. The molecule has 0 spiro atoms. The van der Waals surface area contributed by atoms with E-state index >= 15 is 0 Å². The van der Waals surface area contributed by atoms with Crippen molar-refractivity contribution in [1.82, 2.24) is 9.97 Å². The van der Waals surface area contributed by atoms with Gasteiger partial charge in [-0.25, -0.2) is 0 Å². The standard InChI is InChI=1S/C19H25N3O3/c1-5-6-7-12-25-16-10-8-15(9-11-16)18(23)22-17-13(2)20-19(24-4)21-14(17)3/h8-11H,5-7,12H2,1-4H3,(H,22,23). The van der Waals surface area contributed by atoms with Crippen LogP contribution in [0.2, 0.25) is 0 Å². The molecule has 0 saturated carbocycles. The second kappa shape index (κ2) is 9.01. The van der Waals surface area contributed by atoms with Crippen LogP contribution in [0.1, 0.15) is 47.9 Å². The van der Waals surface area contributed by atoms with Crippen LogP contribution in [0.15, 0.2) is 24.3 Å². The molecule has 6 nitrogen and oxygen atoms in total. The number of anilines is 1. The third kappa shape index (κ3) is 5.17. The molecule has 0 unspecified atom stereocenters. The molecule has 1 aromatic carbocycles. The minimum atomic E-state index is -0.211. The number of aromatic nitrogens is 2. The molecule has 0 aliphatic carbocycles. The van der Waals surface area contributed by atoms with Gasteiger partial charge in [0, 0.05) is 5.56 Å². The fourth-order valence-electron chi connectivity index (χ4n) is 2.39. The maximum Gasteiger partial charge on any atom is 0.316 e. The SMILES string of the molecule is CCCCCOc1ccc(C(=O)Nc2c(C)nc(OC)nc2C)cc1. The van der Waals surface area contributed by atoms with Crippen molar-refractivity contribution >= 4 is 11.6 Å². The van der Waals surface area contributed by atoms with E-state index in [0.717, 1.165) is 25.0 Å². The molecule has 25 heavy (non-hydrogen) atoms. The number of nitrogens with zero attached hydrogens (tertiary/aromatic N) is 2. The van der Waals surface area contributed by atoms with E-state index in [1.165, 1.54) is 7.11 Å². The number of amides is 1. The lowest BCUT2D eigenvalue weighted by molar-refractivity contribution is 0.102. The van der Waals surface area contributed by atoms with Gasteiger partial charge in [-0.2, -0.15) is 9.97 Å². The molecule has 134 valence electrons. The quantitative estimate of drug-likeness (QED) is 0.735. The molecule has 0 saturated heterocycles. The first-order valence-corrected chi connectivity index (χ1v) is 8.48. The summed E-state index contributed by atoms with van der Waals surface area (Å²) >= 11 is 0. The summed E-state index contributed by atoms with van der Waals surface area (Å²) in [7, 11) is 1.51. The molecule has 6 heteroatoms. The third-order valence-corrected chi connectivity index (χ3v) is 3.80. The first kappa shape index (κ1) is 18.7. The summed E-state index contributed by atoms with van der Waals surface area (Å²) in [6.07, 6.45) is 3.36. The van der Waals surface area contributed by atoms with E-state index in [1.807, 2.05) is 12.1 Å². The zero-order valence-corrected chi connectivity index (χ0v) is 15.3. The predicted molar refractivity (Wildman–Crippen MR) is 97.5 cm³/mol. The smallest absolute Gasteiger partial charge is 0.316 e. The topological polar surface area (TPSA) is 73.3 Å². The number of carbonyl (C=O) groups is 1. The fraction of sp³-hybridized carbons (Fsp3) is 0.421. The van der Waals surface area contributed by atoms with Crippen molar-refractivity contribution in [2.24, 2.45) is 0 Å². The van der Waals surface area contributed by atoms with Gasteiger partial charge in [0.05, 0.1) is 30.8 Å². The van der Waals surface area contributed by atoms with Gasteiger partial charge in [0.25, 0.3) is 5.91 Å². The van der Waals surface area contributed by atoms with Crippen molar-refractivity contribution in [3.8, 4) is 11.8 Å². The largest absolute Gasteiger partial charge is 0.494 e. The fourth-order valence-corrected chi connectivity index (χ4v) is 2.39. The van der Waals surface area contributed by atoms with Gasteiger partial charge in [0.15, 0.2) is 0 Å². The molecule has 0 aliphatic rings. The third-order valence-electron chi connectivity index (χ3n) is 3.80. The molecule has 0 radical (unpaired) electrons. The maximum atomic E-state index is 12.4. The first-order chi connectivity index (χ1) is 12.0. The highest BCUT2D eigenvalue weighted by Gasteiger charge is 2.13. The van der Waals surface area contributed by atoms with E-state index in [4.69, 9.17) is 9.47 Å². The van der Waals surface area contributed by atoms with Gasteiger partial charge in [-0.15, -0.1) is 0 Å². The monoisotopic (exact) mass is 343 g/mol. The lowest BCUT2D eigenvalue weighted by Crippen LogP contribution is -2.15. The maximum absolute atomic E-state index is 12.4. The number of rotatable bonds is 8. The van der Waals surface area contributed by atoms with Crippen LogP contribution in [0.5, 0.6) is 11.8 Å². The molecular weight excluding hydrogens is 318 g/mol. The molecule has 0 atom stereocenters. The van der Waals surface area contributed by atoms with Crippen molar-refractivity contribution in [1.29, 1.82) is 0 Å². The number of hydrogen-bond donors (Lipinski definition) is 1. The zero-order chi connectivity index (χ0) is 18.2. The summed E-state index contributed by atoms with van der Waals surface area (Å²) in [5.74, 6) is 0.560. The van der Waals surface area contributed by atoms with E-state index in [-0.39, 0.29) is 11.9 Å². The molecule has 0 bridgehead atoms. The Hall–Kier alpha value is -2.63. The van der Waals surface area contributed by atoms with E-state index in [1.54, 1.807) is 26.0 Å². The normalized spacial score (nSPS) is 10.4. The summed E-state index contributed by atoms with van der Waals surface area (Å²) < 4.78 is 10.7. The van der Waals surface area contributed by atoms with E-state index < -0.39 is 0 Å². The number of hydrogen-bond acceptors (Lipinski definition) is 5. The zero-order valence-electron chi connectivity index (χ0n) is 15.3. The van der Waals surface area contributed by atoms with Crippen LogP contribution in [0.25, 0.3) is 0 Å². The van der Waals surface area contributed by atoms with Gasteiger partial charge in [0.1, 0.15) is 5.75 Å². The summed E-state index contributed by atoms with van der Waals surface area (Å²) in [6, 6.07) is 7.41. The number of benzene rings is 1. The number of methoxy groups -OCH3 is 1. The first-order valence-electron chi connectivity index (χ1n) is 8.48. The average Bonchev–Trinajstić information content (AvgIpc) is 2.62. The number of nitrogens with one attached hydrogen (secondary N) is 1. The van der Waals surface area contributed by atoms with Crippen LogP contribution in [-0.2, 0) is 0 Å². The van der Waals surface area contributed by atoms with Crippen LogP contribution in [0, 0.1) is 13.8 Å². The van der Waals surface area contributed by atoms with Crippen molar-refractivity contribution in [2.45, 2.75) is 40.0 Å². The van der Waals surface area contributed by atoms with Crippen molar-refractivity contribution < 1.29 is 14.3 Å². The average molecular weight is 343 g/mol. The Kier molecular flexibility index (Phi) is 6.74. The highest BCUT2D eigenvalue weighted by atomic mass is 16.5. The Morgan fingerprint density at radius 3 is 2.28 bits per heavy atom. The molecule has 1 heterocycles. The van der Waals surface area contributed by atoms with E-state index in [0.29, 0.717) is 29.2 Å². The van der Waals surface area contributed by atoms with E-state index in [9.17, 15) is 4.79 Å². The predicted octanol–water partition coefficient (Wildman–Crippen LogP) is 3.92. The minimum Gasteiger partial charge on any atom is -0.494 e. The number of ether oxygens (including phenoxy) is 2. The van der Waals surface area contributed by atoms with Crippen LogP contribution < -0.4 is 14.8 Å². The Bertz CT molecular complexity index is 691. The molecule has 1 amide bonds. The number of aryl methyl sites for hydroxylation is 2. The summed E-state index contributed by atoms with van der Waals surface area (Å²) in [6.45, 7) is 6.46. The van der Waals surface area contributed by atoms with Gasteiger partial charge in [-0.1, -0.05) is 19.8 Å². The second-order valence-corrected chi connectivity index (χ2v) is 5.79. The van der Waals surface area contributed by atoms with Gasteiger partial charge < -0.3 is 14.8 Å². The Morgan fingerprint density at radius 2 is 1.72 bits per heavy atom. The second-order valence-electron chi connectivity index (χ2n) is 5.79. The molecule has 2 rings (SSSR count). The molecule has 1 N–H and O–H groups in total.